The van der Waals surface area contributed by atoms with Crippen molar-refractivity contribution in [3.05, 3.63) is 12.7 Å². The van der Waals surface area contributed by atoms with Gasteiger partial charge in [0.2, 0.25) is 5.91 Å². The molecule has 0 aromatic heterocycles. The molecule has 0 radical (unpaired) electrons. The lowest BCUT2D eigenvalue weighted by atomic mass is 9.86. The molecule has 0 aliphatic rings. The monoisotopic (exact) mass is 212 g/mol. The molecule has 1 atom stereocenters. The molecule has 2 N–H and O–H groups in total. The van der Waals surface area contributed by atoms with E-state index >= 15 is 0 Å². The molecule has 1 amide bonds. The van der Waals surface area contributed by atoms with E-state index in [0.717, 1.165) is 19.4 Å². The Morgan fingerprint density at radius 3 is 2.47 bits per heavy atom. The van der Waals surface area contributed by atoms with E-state index in [1.54, 1.807) is 11.9 Å². The molecule has 0 heterocycles. The molecular formula is C12H24N2O. The summed E-state index contributed by atoms with van der Waals surface area (Å²) in [6.07, 6.45) is 3.74. The maximum atomic E-state index is 11.9. The van der Waals surface area contributed by atoms with Gasteiger partial charge in [-0.2, -0.15) is 0 Å². The van der Waals surface area contributed by atoms with Crippen molar-refractivity contribution in [1.29, 1.82) is 0 Å². The average Bonchev–Trinajstić information content (AvgIpc) is 2.14. The zero-order valence-electron chi connectivity index (χ0n) is 10.4. The van der Waals surface area contributed by atoms with Crippen LogP contribution < -0.4 is 5.73 Å². The number of carbonyl (C=O) groups is 1. The van der Waals surface area contributed by atoms with Gasteiger partial charge in [-0.25, -0.2) is 0 Å². The zero-order valence-corrected chi connectivity index (χ0v) is 10.4. The van der Waals surface area contributed by atoms with Gasteiger partial charge in [-0.3, -0.25) is 4.79 Å². The topological polar surface area (TPSA) is 46.3 Å². The predicted octanol–water partition coefficient (Wildman–Crippen LogP) is 1.78. The van der Waals surface area contributed by atoms with Crippen LogP contribution in [0.5, 0.6) is 0 Å². The summed E-state index contributed by atoms with van der Waals surface area (Å²) < 4.78 is 0. The Morgan fingerprint density at radius 2 is 2.07 bits per heavy atom. The third-order valence-electron chi connectivity index (χ3n) is 2.48. The third-order valence-corrected chi connectivity index (χ3v) is 2.48. The third kappa shape index (κ3) is 4.98. The summed E-state index contributed by atoms with van der Waals surface area (Å²) in [5, 5.41) is 0. The van der Waals surface area contributed by atoms with Gasteiger partial charge in [0, 0.05) is 13.6 Å². The summed E-state index contributed by atoms with van der Waals surface area (Å²) in [7, 11) is 1.80. The van der Waals surface area contributed by atoms with Crippen LogP contribution in [0.4, 0.5) is 0 Å². The number of nitrogens with zero attached hydrogens (tertiary/aromatic N) is 1. The molecular weight excluding hydrogens is 188 g/mol. The first-order valence-corrected chi connectivity index (χ1v) is 5.42. The fraction of sp³-hybridized carbons (Fsp3) is 0.750. The summed E-state index contributed by atoms with van der Waals surface area (Å²) in [6.45, 7) is 10.3. The highest BCUT2D eigenvalue weighted by molar-refractivity contribution is 5.82. The highest BCUT2D eigenvalue weighted by Crippen LogP contribution is 2.18. The lowest BCUT2D eigenvalue weighted by Crippen LogP contribution is -2.49. The molecule has 0 aliphatic heterocycles. The average molecular weight is 212 g/mol. The largest absolute Gasteiger partial charge is 0.344 e. The molecule has 0 aromatic rings. The SMILES string of the molecule is C=CCCCN(C)C(=O)C(N)C(C)(C)C. The summed E-state index contributed by atoms with van der Waals surface area (Å²) >= 11 is 0. The van der Waals surface area contributed by atoms with E-state index in [4.69, 9.17) is 5.73 Å². The number of nitrogens with two attached hydrogens (primary N) is 1. The molecule has 0 rings (SSSR count). The molecule has 15 heavy (non-hydrogen) atoms. The van der Waals surface area contributed by atoms with Crippen molar-refractivity contribution in [2.45, 2.75) is 39.7 Å². The van der Waals surface area contributed by atoms with Crippen molar-refractivity contribution in [1.82, 2.24) is 4.90 Å². The summed E-state index contributed by atoms with van der Waals surface area (Å²) in [6, 6.07) is -0.425. The summed E-state index contributed by atoms with van der Waals surface area (Å²) in [5.74, 6) is 0.0200. The van der Waals surface area contributed by atoms with Gasteiger partial charge in [0.05, 0.1) is 6.04 Å². The summed E-state index contributed by atoms with van der Waals surface area (Å²) in [5.41, 5.74) is 5.71. The van der Waals surface area contributed by atoms with Crippen LogP contribution in [0.1, 0.15) is 33.6 Å². The van der Waals surface area contributed by atoms with E-state index < -0.39 is 6.04 Å². The fourth-order valence-electron chi connectivity index (χ4n) is 1.19. The second-order valence-corrected chi connectivity index (χ2v) is 5.03. The first-order valence-electron chi connectivity index (χ1n) is 5.42. The highest BCUT2D eigenvalue weighted by atomic mass is 16.2. The van der Waals surface area contributed by atoms with Gasteiger partial charge in [0.1, 0.15) is 0 Å². The first-order chi connectivity index (χ1) is 6.80. The van der Waals surface area contributed by atoms with Gasteiger partial charge in [0.15, 0.2) is 0 Å². The van der Waals surface area contributed by atoms with E-state index in [9.17, 15) is 4.79 Å². The number of likely N-dealkylation sites (N-methyl/N-ethyl adjacent to an activating group) is 1. The van der Waals surface area contributed by atoms with Crippen LogP contribution in [0.15, 0.2) is 12.7 Å². The first kappa shape index (κ1) is 14.2. The molecule has 3 heteroatoms. The van der Waals surface area contributed by atoms with Crippen LogP contribution in [0.25, 0.3) is 0 Å². The second-order valence-electron chi connectivity index (χ2n) is 5.03. The molecule has 1 unspecified atom stereocenters. The molecule has 3 nitrogen and oxygen atoms in total. The Balaban J connectivity index is 4.14. The normalized spacial score (nSPS) is 13.4. The molecule has 0 aromatic carbocycles. The van der Waals surface area contributed by atoms with Crippen LogP contribution in [-0.4, -0.2) is 30.4 Å². The molecule has 0 spiro atoms. The fourth-order valence-corrected chi connectivity index (χ4v) is 1.19. The van der Waals surface area contributed by atoms with Gasteiger partial charge in [0.25, 0.3) is 0 Å². The minimum atomic E-state index is -0.425. The Bertz CT molecular complexity index is 218. The van der Waals surface area contributed by atoms with Gasteiger partial charge in [-0.05, 0) is 18.3 Å². The Hall–Kier alpha value is -0.830. The Morgan fingerprint density at radius 1 is 1.53 bits per heavy atom. The van der Waals surface area contributed by atoms with Crippen LogP contribution in [0.3, 0.4) is 0 Å². The lowest BCUT2D eigenvalue weighted by molar-refractivity contribution is -0.133. The maximum Gasteiger partial charge on any atom is 0.239 e. The van der Waals surface area contributed by atoms with Gasteiger partial charge in [-0.15, -0.1) is 6.58 Å². The van der Waals surface area contributed by atoms with Gasteiger partial charge < -0.3 is 10.6 Å². The van der Waals surface area contributed by atoms with Crippen LogP contribution in [-0.2, 0) is 4.79 Å². The maximum absolute atomic E-state index is 11.9. The van der Waals surface area contributed by atoms with E-state index in [-0.39, 0.29) is 11.3 Å². The molecule has 0 aliphatic carbocycles. The Kier molecular flexibility index (Phi) is 5.58. The number of amides is 1. The lowest BCUT2D eigenvalue weighted by Gasteiger charge is -2.29. The van der Waals surface area contributed by atoms with Crippen LogP contribution in [0, 0.1) is 5.41 Å². The minimum Gasteiger partial charge on any atom is -0.344 e. The standard InChI is InChI=1S/C12H24N2O/c1-6-7-8-9-14(5)11(15)10(13)12(2,3)4/h6,10H,1,7-9,13H2,2-5H3. The molecule has 0 bridgehead atoms. The van der Waals surface area contributed by atoms with Crippen LogP contribution >= 0.6 is 0 Å². The van der Waals surface area contributed by atoms with E-state index in [1.165, 1.54) is 0 Å². The number of allylic oxidation sites excluding steroid dienone is 1. The van der Waals surface area contributed by atoms with E-state index in [2.05, 4.69) is 6.58 Å². The van der Waals surface area contributed by atoms with Crippen molar-refractivity contribution in [2.75, 3.05) is 13.6 Å². The quantitative estimate of drug-likeness (QED) is 0.558. The molecule has 0 saturated carbocycles. The number of hydrogen-bond acceptors (Lipinski definition) is 2. The smallest absolute Gasteiger partial charge is 0.239 e. The van der Waals surface area contributed by atoms with Crippen molar-refractivity contribution in [2.24, 2.45) is 11.1 Å². The summed E-state index contributed by atoms with van der Waals surface area (Å²) in [4.78, 5) is 13.6. The highest BCUT2D eigenvalue weighted by Gasteiger charge is 2.29. The predicted molar refractivity (Wildman–Crippen MR) is 64.5 cm³/mol. The molecule has 0 fully saturated rings. The molecule has 88 valence electrons. The van der Waals surface area contributed by atoms with Crippen LogP contribution in [0.2, 0.25) is 0 Å². The van der Waals surface area contributed by atoms with Crippen molar-refractivity contribution < 1.29 is 4.79 Å². The number of rotatable bonds is 5. The number of hydrogen-bond donors (Lipinski definition) is 1. The number of carbonyl (C=O) groups excluding carboxylic acids is 1. The Labute approximate surface area is 93.3 Å². The van der Waals surface area contributed by atoms with Crippen molar-refractivity contribution in [3.63, 3.8) is 0 Å². The second kappa shape index (κ2) is 5.91. The van der Waals surface area contributed by atoms with E-state index in [0.29, 0.717) is 0 Å². The van der Waals surface area contributed by atoms with Gasteiger partial charge in [-0.1, -0.05) is 26.8 Å². The van der Waals surface area contributed by atoms with Gasteiger partial charge >= 0.3 is 0 Å². The number of unbranched alkanes of at least 4 members (excludes halogenated alkanes) is 1. The minimum absolute atomic E-state index is 0.0200. The van der Waals surface area contributed by atoms with E-state index in [1.807, 2.05) is 26.8 Å². The van der Waals surface area contributed by atoms with Crippen molar-refractivity contribution >= 4 is 5.91 Å². The molecule has 0 saturated heterocycles. The zero-order chi connectivity index (χ0) is 12.1. The van der Waals surface area contributed by atoms with Crippen molar-refractivity contribution in [3.8, 4) is 0 Å².